The molecular formula is C17H28N2. The van der Waals surface area contributed by atoms with Gasteiger partial charge in [0, 0.05) is 6.04 Å². The number of nitrogens with zero attached hydrogens (tertiary/aromatic N) is 1. The molecule has 1 atom stereocenters. The molecule has 1 unspecified atom stereocenters. The highest BCUT2D eigenvalue weighted by atomic mass is 15.2. The van der Waals surface area contributed by atoms with Gasteiger partial charge in [-0.25, -0.2) is 0 Å². The van der Waals surface area contributed by atoms with E-state index in [-0.39, 0.29) is 0 Å². The van der Waals surface area contributed by atoms with E-state index in [4.69, 9.17) is 0 Å². The molecule has 0 radical (unpaired) electrons. The Hall–Kier alpha value is -0.860. The average Bonchev–Trinajstić information content (AvgIpc) is 2.48. The number of rotatable bonds is 6. The van der Waals surface area contributed by atoms with Crippen molar-refractivity contribution >= 4 is 0 Å². The third kappa shape index (κ3) is 4.32. The smallest absolute Gasteiger partial charge is 0.0319 e. The van der Waals surface area contributed by atoms with Crippen LogP contribution in [0.3, 0.4) is 0 Å². The molecule has 2 nitrogen and oxygen atoms in total. The molecule has 0 amide bonds. The zero-order chi connectivity index (χ0) is 13.5. The van der Waals surface area contributed by atoms with Crippen molar-refractivity contribution in [3.05, 3.63) is 35.9 Å². The van der Waals surface area contributed by atoms with Crippen LogP contribution in [0.4, 0.5) is 0 Å². The third-order valence-electron chi connectivity index (χ3n) is 4.34. The molecular weight excluding hydrogens is 232 g/mol. The minimum atomic E-state index is 0.561. The van der Waals surface area contributed by atoms with Crippen molar-refractivity contribution in [3.8, 4) is 0 Å². The number of hydrogen-bond acceptors (Lipinski definition) is 2. The number of hydrogen-bond donors (Lipinski definition) is 1. The van der Waals surface area contributed by atoms with E-state index in [1.165, 1.54) is 51.0 Å². The number of likely N-dealkylation sites (tertiary alicyclic amines) is 1. The van der Waals surface area contributed by atoms with Gasteiger partial charge in [0.15, 0.2) is 0 Å². The summed E-state index contributed by atoms with van der Waals surface area (Å²) < 4.78 is 0. The molecule has 0 saturated carbocycles. The molecule has 19 heavy (non-hydrogen) atoms. The maximum atomic E-state index is 3.56. The summed E-state index contributed by atoms with van der Waals surface area (Å²) in [5, 5.41) is 3.56. The van der Waals surface area contributed by atoms with Gasteiger partial charge in [0.1, 0.15) is 0 Å². The highest BCUT2D eigenvalue weighted by Gasteiger charge is 2.22. The van der Waals surface area contributed by atoms with Gasteiger partial charge >= 0.3 is 0 Å². The molecule has 0 spiro atoms. The summed E-state index contributed by atoms with van der Waals surface area (Å²) >= 11 is 0. The van der Waals surface area contributed by atoms with Crippen LogP contribution in [-0.4, -0.2) is 31.1 Å². The van der Waals surface area contributed by atoms with Crippen LogP contribution in [0.15, 0.2) is 30.3 Å². The van der Waals surface area contributed by atoms with Crippen LogP contribution in [0.5, 0.6) is 0 Å². The fourth-order valence-corrected chi connectivity index (χ4v) is 2.97. The minimum Gasteiger partial charge on any atom is -0.316 e. The largest absolute Gasteiger partial charge is 0.316 e. The normalized spacial score (nSPS) is 19.5. The number of piperidine rings is 1. The number of nitrogens with one attached hydrogen (secondary N) is 1. The van der Waals surface area contributed by atoms with E-state index in [2.05, 4.69) is 54.4 Å². The Labute approximate surface area is 118 Å². The summed E-state index contributed by atoms with van der Waals surface area (Å²) in [6, 6.07) is 11.5. The fourth-order valence-electron chi connectivity index (χ4n) is 2.97. The summed E-state index contributed by atoms with van der Waals surface area (Å²) in [7, 11) is 0. The van der Waals surface area contributed by atoms with Crippen molar-refractivity contribution in [1.82, 2.24) is 10.2 Å². The molecule has 0 aliphatic carbocycles. The van der Waals surface area contributed by atoms with Crippen LogP contribution < -0.4 is 5.32 Å². The van der Waals surface area contributed by atoms with Crippen LogP contribution in [0.2, 0.25) is 0 Å². The van der Waals surface area contributed by atoms with Crippen molar-refractivity contribution in [1.29, 1.82) is 0 Å². The van der Waals surface area contributed by atoms with Gasteiger partial charge in [0.2, 0.25) is 0 Å². The van der Waals surface area contributed by atoms with Gasteiger partial charge in [-0.3, -0.25) is 4.90 Å². The minimum absolute atomic E-state index is 0.561. The molecule has 1 aromatic rings. The monoisotopic (exact) mass is 260 g/mol. The first-order valence-corrected chi connectivity index (χ1v) is 7.81. The lowest BCUT2D eigenvalue weighted by atomic mass is 9.94. The first kappa shape index (κ1) is 14.5. The Balaban J connectivity index is 1.77. The highest BCUT2D eigenvalue weighted by Crippen LogP contribution is 2.26. The van der Waals surface area contributed by atoms with E-state index in [9.17, 15) is 0 Å². The second-order valence-electron chi connectivity index (χ2n) is 5.77. The van der Waals surface area contributed by atoms with Gasteiger partial charge in [-0.1, -0.05) is 37.3 Å². The van der Waals surface area contributed by atoms with E-state index in [0.717, 1.165) is 5.92 Å². The Morgan fingerprint density at radius 3 is 2.53 bits per heavy atom. The first-order chi connectivity index (χ1) is 9.31. The Bertz CT molecular complexity index is 342. The highest BCUT2D eigenvalue weighted by molar-refractivity contribution is 5.18. The predicted molar refractivity (Wildman–Crippen MR) is 82.3 cm³/mol. The second kappa shape index (κ2) is 7.66. The fraction of sp³-hybridized carbons (Fsp3) is 0.647. The molecule has 1 aliphatic heterocycles. The average molecular weight is 260 g/mol. The molecule has 1 N–H and O–H groups in total. The van der Waals surface area contributed by atoms with Crippen molar-refractivity contribution in [2.24, 2.45) is 5.92 Å². The molecule has 1 aliphatic rings. The molecule has 1 aromatic carbocycles. The molecule has 1 heterocycles. The molecule has 2 heteroatoms. The third-order valence-corrected chi connectivity index (χ3v) is 4.34. The van der Waals surface area contributed by atoms with Gasteiger partial charge in [0.05, 0.1) is 0 Å². The van der Waals surface area contributed by atoms with Gasteiger partial charge in [-0.05, 0) is 63.8 Å². The molecule has 106 valence electrons. The lowest BCUT2D eigenvalue weighted by Crippen LogP contribution is -2.38. The van der Waals surface area contributed by atoms with Crippen LogP contribution in [0.1, 0.15) is 44.7 Å². The van der Waals surface area contributed by atoms with Gasteiger partial charge < -0.3 is 5.32 Å². The lowest BCUT2D eigenvalue weighted by molar-refractivity contribution is 0.140. The van der Waals surface area contributed by atoms with E-state index >= 15 is 0 Å². The topological polar surface area (TPSA) is 15.3 Å². The molecule has 0 aromatic heterocycles. The summed E-state index contributed by atoms with van der Waals surface area (Å²) in [6.45, 7) is 9.44. The van der Waals surface area contributed by atoms with Gasteiger partial charge in [-0.15, -0.1) is 0 Å². The molecule has 1 fully saturated rings. The lowest BCUT2D eigenvalue weighted by Gasteiger charge is -2.36. The van der Waals surface area contributed by atoms with Crippen molar-refractivity contribution in [2.75, 3.05) is 26.2 Å². The predicted octanol–water partition coefficient (Wildman–Crippen LogP) is 3.46. The summed E-state index contributed by atoms with van der Waals surface area (Å²) in [5.74, 6) is 0.880. The zero-order valence-corrected chi connectivity index (χ0v) is 12.4. The maximum Gasteiger partial charge on any atom is 0.0319 e. The van der Waals surface area contributed by atoms with E-state index in [1.54, 1.807) is 0 Å². The Morgan fingerprint density at radius 1 is 1.21 bits per heavy atom. The van der Waals surface area contributed by atoms with E-state index in [1.807, 2.05) is 0 Å². The van der Waals surface area contributed by atoms with E-state index < -0.39 is 0 Å². The van der Waals surface area contributed by atoms with Crippen LogP contribution in [-0.2, 0) is 0 Å². The van der Waals surface area contributed by atoms with Crippen molar-refractivity contribution in [3.63, 3.8) is 0 Å². The molecule has 2 rings (SSSR count). The standard InChI is InChI=1S/C17H28N2/c1-3-11-18-14-16-9-12-19(13-10-16)15(2)17-7-5-4-6-8-17/h4-8,15-16,18H,3,9-14H2,1-2H3. The quantitative estimate of drug-likeness (QED) is 0.788. The first-order valence-electron chi connectivity index (χ1n) is 7.81. The summed E-state index contributed by atoms with van der Waals surface area (Å²) in [6.07, 6.45) is 3.92. The van der Waals surface area contributed by atoms with Crippen LogP contribution in [0.25, 0.3) is 0 Å². The Morgan fingerprint density at radius 2 is 1.89 bits per heavy atom. The number of benzene rings is 1. The summed E-state index contributed by atoms with van der Waals surface area (Å²) in [5.41, 5.74) is 1.45. The SMILES string of the molecule is CCCNCC1CCN(C(C)c2ccccc2)CC1. The van der Waals surface area contributed by atoms with Gasteiger partial charge in [0.25, 0.3) is 0 Å². The summed E-state index contributed by atoms with van der Waals surface area (Å²) in [4.78, 5) is 2.63. The van der Waals surface area contributed by atoms with E-state index in [0.29, 0.717) is 6.04 Å². The van der Waals surface area contributed by atoms with Gasteiger partial charge in [-0.2, -0.15) is 0 Å². The van der Waals surface area contributed by atoms with Crippen molar-refractivity contribution < 1.29 is 0 Å². The van der Waals surface area contributed by atoms with Crippen LogP contribution >= 0.6 is 0 Å². The van der Waals surface area contributed by atoms with Crippen LogP contribution in [0, 0.1) is 5.92 Å². The maximum absolute atomic E-state index is 3.56. The zero-order valence-electron chi connectivity index (χ0n) is 12.4. The second-order valence-corrected chi connectivity index (χ2v) is 5.77. The van der Waals surface area contributed by atoms with Crippen molar-refractivity contribution in [2.45, 2.75) is 39.2 Å². The molecule has 1 saturated heterocycles. The Kier molecular flexibility index (Phi) is 5.87. The molecule has 0 bridgehead atoms.